The fourth-order valence-electron chi connectivity index (χ4n) is 1.79. The lowest BCUT2D eigenvalue weighted by Crippen LogP contribution is -2.34. The van der Waals surface area contributed by atoms with E-state index in [1.807, 2.05) is 0 Å². The van der Waals surface area contributed by atoms with Gasteiger partial charge in [-0.1, -0.05) is 31.9 Å². The van der Waals surface area contributed by atoms with Crippen molar-refractivity contribution in [2.45, 2.75) is 57.9 Å². The van der Waals surface area contributed by atoms with Crippen molar-refractivity contribution in [3.05, 3.63) is 12.2 Å². The summed E-state index contributed by atoms with van der Waals surface area (Å²) in [6.45, 7) is 2.19. The number of nitrogens with one attached hydrogen (secondary N) is 1. The Bertz CT molecular complexity index is 198. The zero-order valence-electron chi connectivity index (χ0n) is 9.09. The highest BCUT2D eigenvalue weighted by Gasteiger charge is 2.11. The Morgan fingerprint density at radius 1 is 1.43 bits per heavy atom. The minimum atomic E-state index is 0.220. The second kappa shape index (κ2) is 6.63. The van der Waals surface area contributed by atoms with E-state index in [0.29, 0.717) is 12.5 Å². The SMILES string of the molecule is CCCCC1CC/C=C\CCC(=O)N1. The standard InChI is InChI=1S/C12H21NO/c1-2-3-8-11-9-6-4-5-7-10-12(14)13-11/h4-5,11H,2-3,6-10H2,1H3,(H,13,14)/b5-4-. The monoisotopic (exact) mass is 195 g/mol. The van der Waals surface area contributed by atoms with Crippen LogP contribution in [0.3, 0.4) is 0 Å². The highest BCUT2D eigenvalue weighted by molar-refractivity contribution is 5.76. The molecule has 1 rings (SSSR count). The van der Waals surface area contributed by atoms with E-state index in [9.17, 15) is 4.79 Å². The van der Waals surface area contributed by atoms with Gasteiger partial charge >= 0.3 is 0 Å². The Kier molecular flexibility index (Phi) is 5.35. The Morgan fingerprint density at radius 2 is 2.21 bits per heavy atom. The second-order valence-electron chi connectivity index (χ2n) is 3.99. The molecule has 0 aromatic carbocycles. The van der Waals surface area contributed by atoms with Crippen molar-refractivity contribution in [2.75, 3.05) is 0 Å². The molecule has 2 heteroatoms. The smallest absolute Gasteiger partial charge is 0.220 e. The summed E-state index contributed by atoms with van der Waals surface area (Å²) in [7, 11) is 0. The molecule has 1 N–H and O–H groups in total. The average molecular weight is 195 g/mol. The summed E-state index contributed by atoms with van der Waals surface area (Å²) in [6.07, 6.45) is 11.6. The van der Waals surface area contributed by atoms with E-state index >= 15 is 0 Å². The summed E-state index contributed by atoms with van der Waals surface area (Å²) in [6, 6.07) is 0.408. The van der Waals surface area contributed by atoms with Crippen molar-refractivity contribution in [3.63, 3.8) is 0 Å². The van der Waals surface area contributed by atoms with Crippen molar-refractivity contribution in [3.8, 4) is 0 Å². The van der Waals surface area contributed by atoms with Gasteiger partial charge in [0.25, 0.3) is 0 Å². The number of hydrogen-bond acceptors (Lipinski definition) is 1. The van der Waals surface area contributed by atoms with Crippen molar-refractivity contribution < 1.29 is 4.79 Å². The molecule has 1 atom stereocenters. The lowest BCUT2D eigenvalue weighted by molar-refractivity contribution is -0.121. The first-order valence-electron chi connectivity index (χ1n) is 5.77. The number of unbranched alkanes of at least 4 members (excludes halogenated alkanes) is 1. The predicted octanol–water partition coefficient (Wildman–Crippen LogP) is 2.79. The van der Waals surface area contributed by atoms with Crippen LogP contribution in [0.2, 0.25) is 0 Å². The van der Waals surface area contributed by atoms with Gasteiger partial charge in [0.1, 0.15) is 0 Å². The first kappa shape index (κ1) is 11.3. The van der Waals surface area contributed by atoms with Crippen LogP contribution in [0.15, 0.2) is 12.2 Å². The van der Waals surface area contributed by atoms with Gasteiger partial charge in [0.05, 0.1) is 0 Å². The van der Waals surface area contributed by atoms with E-state index in [1.54, 1.807) is 0 Å². The molecular formula is C12H21NO. The van der Waals surface area contributed by atoms with Gasteiger partial charge in [-0.15, -0.1) is 0 Å². The Labute approximate surface area is 86.8 Å². The first-order chi connectivity index (χ1) is 6.83. The number of allylic oxidation sites excluding steroid dienone is 2. The zero-order chi connectivity index (χ0) is 10.2. The molecule has 0 spiro atoms. The van der Waals surface area contributed by atoms with Gasteiger partial charge in [-0.2, -0.15) is 0 Å². The Morgan fingerprint density at radius 3 is 3.00 bits per heavy atom. The summed E-state index contributed by atoms with van der Waals surface area (Å²) in [5, 5.41) is 3.11. The van der Waals surface area contributed by atoms with Crippen LogP contribution < -0.4 is 5.32 Å². The van der Waals surface area contributed by atoms with Crippen LogP contribution in [0.25, 0.3) is 0 Å². The molecule has 0 aliphatic carbocycles. The molecule has 0 bridgehead atoms. The molecule has 1 aliphatic rings. The molecule has 2 nitrogen and oxygen atoms in total. The number of rotatable bonds is 3. The summed E-state index contributed by atoms with van der Waals surface area (Å²) < 4.78 is 0. The molecule has 1 amide bonds. The maximum Gasteiger partial charge on any atom is 0.220 e. The normalized spacial score (nSPS) is 25.8. The van der Waals surface area contributed by atoms with Crippen molar-refractivity contribution in [2.24, 2.45) is 0 Å². The summed E-state index contributed by atoms with van der Waals surface area (Å²) in [4.78, 5) is 11.4. The predicted molar refractivity (Wildman–Crippen MR) is 59.1 cm³/mol. The molecule has 80 valence electrons. The molecular weight excluding hydrogens is 174 g/mol. The molecule has 1 unspecified atom stereocenters. The van der Waals surface area contributed by atoms with Crippen LogP contribution in [-0.2, 0) is 4.79 Å². The van der Waals surface area contributed by atoms with Crippen LogP contribution in [0.1, 0.15) is 51.9 Å². The van der Waals surface area contributed by atoms with E-state index in [1.165, 1.54) is 12.8 Å². The molecule has 0 saturated carbocycles. The maximum absolute atomic E-state index is 11.4. The fraction of sp³-hybridized carbons (Fsp3) is 0.750. The molecule has 0 aromatic rings. The van der Waals surface area contributed by atoms with Gasteiger partial charge in [-0.25, -0.2) is 0 Å². The van der Waals surface area contributed by atoms with Crippen LogP contribution in [0.5, 0.6) is 0 Å². The van der Waals surface area contributed by atoms with Crippen molar-refractivity contribution in [1.82, 2.24) is 5.32 Å². The molecule has 0 saturated heterocycles. The highest BCUT2D eigenvalue weighted by atomic mass is 16.1. The molecule has 14 heavy (non-hydrogen) atoms. The maximum atomic E-state index is 11.4. The fourth-order valence-corrected chi connectivity index (χ4v) is 1.79. The summed E-state index contributed by atoms with van der Waals surface area (Å²) in [5.41, 5.74) is 0. The molecule has 1 aliphatic heterocycles. The minimum Gasteiger partial charge on any atom is -0.353 e. The van der Waals surface area contributed by atoms with Gasteiger partial charge in [0, 0.05) is 12.5 Å². The second-order valence-corrected chi connectivity index (χ2v) is 3.99. The van der Waals surface area contributed by atoms with Crippen molar-refractivity contribution in [1.29, 1.82) is 0 Å². The van der Waals surface area contributed by atoms with Gasteiger partial charge in [0.15, 0.2) is 0 Å². The van der Waals surface area contributed by atoms with Crippen LogP contribution >= 0.6 is 0 Å². The number of carbonyl (C=O) groups is 1. The lowest BCUT2D eigenvalue weighted by atomic mass is 10.0. The van der Waals surface area contributed by atoms with E-state index in [2.05, 4.69) is 24.4 Å². The molecule has 1 heterocycles. The third kappa shape index (κ3) is 4.45. The van der Waals surface area contributed by atoms with E-state index in [0.717, 1.165) is 25.7 Å². The molecule has 0 fully saturated rings. The Balaban J connectivity index is 2.38. The molecule has 0 radical (unpaired) electrons. The van der Waals surface area contributed by atoms with Gasteiger partial charge in [-0.05, 0) is 25.7 Å². The number of hydrogen-bond donors (Lipinski definition) is 1. The number of carbonyl (C=O) groups excluding carboxylic acids is 1. The highest BCUT2D eigenvalue weighted by Crippen LogP contribution is 2.10. The first-order valence-corrected chi connectivity index (χ1v) is 5.77. The van der Waals surface area contributed by atoms with Crippen molar-refractivity contribution >= 4 is 5.91 Å². The van der Waals surface area contributed by atoms with Gasteiger partial charge in [-0.3, -0.25) is 4.79 Å². The van der Waals surface area contributed by atoms with Crippen LogP contribution in [0.4, 0.5) is 0 Å². The molecule has 0 aromatic heterocycles. The third-order valence-electron chi connectivity index (χ3n) is 2.66. The zero-order valence-corrected chi connectivity index (χ0v) is 9.09. The third-order valence-corrected chi connectivity index (χ3v) is 2.66. The quantitative estimate of drug-likeness (QED) is 0.689. The largest absolute Gasteiger partial charge is 0.353 e. The number of amides is 1. The van der Waals surface area contributed by atoms with Gasteiger partial charge in [0.2, 0.25) is 5.91 Å². The van der Waals surface area contributed by atoms with Crippen LogP contribution in [0, 0.1) is 0 Å². The van der Waals surface area contributed by atoms with E-state index < -0.39 is 0 Å². The summed E-state index contributed by atoms with van der Waals surface area (Å²) in [5.74, 6) is 0.220. The average Bonchev–Trinajstić information content (AvgIpc) is 2.27. The van der Waals surface area contributed by atoms with E-state index in [-0.39, 0.29) is 5.91 Å². The lowest BCUT2D eigenvalue weighted by Gasteiger charge is -2.16. The van der Waals surface area contributed by atoms with Gasteiger partial charge < -0.3 is 5.32 Å². The topological polar surface area (TPSA) is 29.1 Å². The van der Waals surface area contributed by atoms with E-state index in [4.69, 9.17) is 0 Å². The summed E-state index contributed by atoms with van der Waals surface area (Å²) >= 11 is 0. The van der Waals surface area contributed by atoms with Crippen LogP contribution in [-0.4, -0.2) is 11.9 Å². The minimum absolute atomic E-state index is 0.220. The Hall–Kier alpha value is -0.790.